The Balaban J connectivity index is 1.74. The quantitative estimate of drug-likeness (QED) is 0.877. The number of carbonyl (C=O) groups excluding carboxylic acids is 1. The van der Waals surface area contributed by atoms with Gasteiger partial charge in [-0.1, -0.05) is 23.7 Å². The van der Waals surface area contributed by atoms with Crippen molar-refractivity contribution in [2.75, 3.05) is 12.4 Å². The van der Waals surface area contributed by atoms with E-state index in [-0.39, 0.29) is 11.7 Å². The number of ether oxygens (including phenoxy) is 1. The molecule has 2 aromatic rings. The van der Waals surface area contributed by atoms with E-state index < -0.39 is 0 Å². The summed E-state index contributed by atoms with van der Waals surface area (Å²) in [6.07, 6.45) is 3.05. The van der Waals surface area contributed by atoms with E-state index in [1.807, 2.05) is 48.5 Å². The van der Waals surface area contributed by atoms with Crippen LogP contribution in [0.25, 0.3) is 0 Å². The van der Waals surface area contributed by atoms with Crippen LogP contribution in [-0.4, -0.2) is 12.9 Å². The Bertz CT molecular complexity index is 720. The lowest BCUT2D eigenvalue weighted by molar-refractivity contribution is -0.115. The summed E-state index contributed by atoms with van der Waals surface area (Å²) in [6.45, 7) is 0. The number of hydrogen-bond donors (Lipinski definition) is 1. The summed E-state index contributed by atoms with van der Waals surface area (Å²) >= 11 is 5.90. The minimum Gasteiger partial charge on any atom is -0.497 e. The van der Waals surface area contributed by atoms with Crippen molar-refractivity contribution >= 4 is 23.1 Å². The number of methoxy groups -OCH3 is 1. The van der Waals surface area contributed by atoms with Crippen molar-refractivity contribution in [1.29, 1.82) is 0 Å². The Morgan fingerprint density at radius 1 is 1.04 bits per heavy atom. The molecular weight excluding hydrogens is 310 g/mol. The molecule has 3 rings (SSSR count). The van der Waals surface area contributed by atoms with Crippen LogP contribution in [0.5, 0.6) is 5.75 Å². The maximum Gasteiger partial charge on any atom is 0.158 e. The standard InChI is InChI=1S/C19H18ClNO2/c1-23-19-8-2-13(3-9-19)14-10-17(12-18(22)11-14)21-16-6-4-15(20)5-7-16/h2-9,12,14,21H,10-11H2,1H3. The fourth-order valence-electron chi connectivity index (χ4n) is 2.81. The van der Waals surface area contributed by atoms with Crippen LogP contribution in [0.3, 0.4) is 0 Å². The molecule has 1 N–H and O–H groups in total. The van der Waals surface area contributed by atoms with Crippen molar-refractivity contribution < 1.29 is 9.53 Å². The third kappa shape index (κ3) is 3.93. The molecule has 1 aliphatic carbocycles. The van der Waals surface area contributed by atoms with E-state index in [1.165, 1.54) is 0 Å². The molecule has 0 saturated carbocycles. The largest absolute Gasteiger partial charge is 0.497 e. The number of rotatable bonds is 4. The molecule has 118 valence electrons. The van der Waals surface area contributed by atoms with Gasteiger partial charge >= 0.3 is 0 Å². The lowest BCUT2D eigenvalue weighted by Gasteiger charge is -2.23. The third-order valence-corrected chi connectivity index (χ3v) is 4.24. The van der Waals surface area contributed by atoms with Gasteiger partial charge in [-0.25, -0.2) is 0 Å². The van der Waals surface area contributed by atoms with Crippen LogP contribution >= 0.6 is 11.6 Å². The highest BCUT2D eigenvalue weighted by Crippen LogP contribution is 2.32. The van der Waals surface area contributed by atoms with Crippen molar-refractivity contribution in [2.24, 2.45) is 0 Å². The molecular formula is C19H18ClNO2. The molecule has 2 aromatic carbocycles. The molecule has 1 unspecified atom stereocenters. The average Bonchev–Trinajstić information content (AvgIpc) is 2.56. The van der Waals surface area contributed by atoms with Crippen molar-refractivity contribution in [3.63, 3.8) is 0 Å². The molecule has 0 fully saturated rings. The molecule has 0 radical (unpaired) electrons. The van der Waals surface area contributed by atoms with E-state index in [0.717, 1.165) is 29.1 Å². The monoisotopic (exact) mass is 327 g/mol. The Hall–Kier alpha value is -2.26. The zero-order chi connectivity index (χ0) is 16.2. The van der Waals surface area contributed by atoms with E-state index in [1.54, 1.807) is 13.2 Å². The number of benzene rings is 2. The molecule has 4 heteroatoms. The summed E-state index contributed by atoms with van der Waals surface area (Å²) in [6, 6.07) is 15.4. The van der Waals surface area contributed by atoms with Gasteiger partial charge in [0, 0.05) is 28.9 Å². The van der Waals surface area contributed by atoms with Gasteiger partial charge in [0.05, 0.1) is 7.11 Å². The molecule has 0 spiro atoms. The van der Waals surface area contributed by atoms with E-state index in [0.29, 0.717) is 11.4 Å². The third-order valence-electron chi connectivity index (χ3n) is 3.99. The maximum atomic E-state index is 12.1. The Labute approximate surface area is 140 Å². The molecule has 0 amide bonds. The number of carbonyl (C=O) groups is 1. The molecule has 0 saturated heterocycles. The normalized spacial score (nSPS) is 17.6. The van der Waals surface area contributed by atoms with Crippen molar-refractivity contribution in [2.45, 2.75) is 18.8 Å². The average molecular weight is 328 g/mol. The first-order valence-electron chi connectivity index (χ1n) is 7.54. The van der Waals surface area contributed by atoms with Crippen molar-refractivity contribution in [3.8, 4) is 5.75 Å². The number of halogens is 1. The van der Waals surface area contributed by atoms with Gasteiger partial charge in [0.2, 0.25) is 0 Å². The summed E-state index contributed by atoms with van der Waals surface area (Å²) in [5.74, 6) is 1.16. The van der Waals surface area contributed by atoms with E-state index in [2.05, 4.69) is 5.32 Å². The van der Waals surface area contributed by atoms with Gasteiger partial charge in [-0.05, 0) is 54.3 Å². The summed E-state index contributed by atoms with van der Waals surface area (Å²) in [5.41, 5.74) is 3.02. The molecule has 1 atom stereocenters. The number of ketones is 1. The highest BCUT2D eigenvalue weighted by atomic mass is 35.5. The van der Waals surface area contributed by atoms with Gasteiger partial charge in [0.25, 0.3) is 0 Å². The fourth-order valence-corrected chi connectivity index (χ4v) is 2.94. The molecule has 0 aliphatic heterocycles. The van der Waals surface area contributed by atoms with Crippen LogP contribution < -0.4 is 10.1 Å². The lowest BCUT2D eigenvalue weighted by atomic mass is 9.85. The Kier molecular flexibility index (Phi) is 4.68. The molecule has 23 heavy (non-hydrogen) atoms. The van der Waals surface area contributed by atoms with Gasteiger partial charge in [0.15, 0.2) is 5.78 Å². The van der Waals surface area contributed by atoms with Gasteiger partial charge in [0.1, 0.15) is 5.75 Å². The van der Waals surface area contributed by atoms with Crippen molar-refractivity contribution in [3.05, 3.63) is 70.9 Å². The minimum atomic E-state index is 0.147. The zero-order valence-electron chi connectivity index (χ0n) is 12.9. The van der Waals surface area contributed by atoms with Crippen LogP contribution in [0.1, 0.15) is 24.3 Å². The summed E-state index contributed by atoms with van der Waals surface area (Å²) in [4.78, 5) is 12.1. The predicted octanol–water partition coefficient (Wildman–Crippen LogP) is 4.79. The zero-order valence-corrected chi connectivity index (χ0v) is 13.6. The van der Waals surface area contributed by atoms with Gasteiger partial charge < -0.3 is 10.1 Å². The van der Waals surface area contributed by atoms with Crippen LogP contribution in [0.4, 0.5) is 5.69 Å². The summed E-state index contributed by atoms with van der Waals surface area (Å²) < 4.78 is 5.19. The molecule has 1 aliphatic rings. The second kappa shape index (κ2) is 6.88. The maximum absolute atomic E-state index is 12.1. The van der Waals surface area contributed by atoms with Crippen molar-refractivity contribution in [1.82, 2.24) is 0 Å². The highest BCUT2D eigenvalue weighted by molar-refractivity contribution is 6.30. The topological polar surface area (TPSA) is 38.3 Å². The first-order valence-corrected chi connectivity index (χ1v) is 7.92. The second-order valence-electron chi connectivity index (χ2n) is 5.65. The summed E-state index contributed by atoms with van der Waals surface area (Å²) in [7, 11) is 1.65. The number of nitrogens with one attached hydrogen (secondary N) is 1. The highest BCUT2D eigenvalue weighted by Gasteiger charge is 2.22. The van der Waals surface area contributed by atoms with E-state index in [9.17, 15) is 4.79 Å². The van der Waals surface area contributed by atoms with E-state index in [4.69, 9.17) is 16.3 Å². The number of hydrogen-bond acceptors (Lipinski definition) is 3. The first kappa shape index (κ1) is 15.6. The second-order valence-corrected chi connectivity index (χ2v) is 6.08. The minimum absolute atomic E-state index is 0.147. The fraction of sp³-hybridized carbons (Fsp3) is 0.211. The Morgan fingerprint density at radius 2 is 1.74 bits per heavy atom. The van der Waals surface area contributed by atoms with Crippen LogP contribution in [0.2, 0.25) is 5.02 Å². The van der Waals surface area contributed by atoms with Crippen LogP contribution in [0.15, 0.2) is 60.3 Å². The SMILES string of the molecule is COc1ccc(C2CC(=O)C=C(Nc3ccc(Cl)cc3)C2)cc1. The number of allylic oxidation sites excluding steroid dienone is 2. The van der Waals surface area contributed by atoms with Crippen LogP contribution in [-0.2, 0) is 4.79 Å². The Morgan fingerprint density at radius 3 is 2.39 bits per heavy atom. The van der Waals surface area contributed by atoms with Crippen LogP contribution in [0, 0.1) is 0 Å². The molecule has 0 aromatic heterocycles. The number of anilines is 1. The molecule has 0 heterocycles. The van der Waals surface area contributed by atoms with Gasteiger partial charge in [-0.15, -0.1) is 0 Å². The lowest BCUT2D eigenvalue weighted by Crippen LogP contribution is -2.16. The molecule has 0 bridgehead atoms. The van der Waals surface area contributed by atoms with Gasteiger partial charge in [-0.2, -0.15) is 0 Å². The van der Waals surface area contributed by atoms with E-state index >= 15 is 0 Å². The summed E-state index contributed by atoms with van der Waals surface area (Å²) in [5, 5.41) is 4.01. The first-order chi connectivity index (χ1) is 11.1. The molecule has 3 nitrogen and oxygen atoms in total. The smallest absolute Gasteiger partial charge is 0.158 e. The predicted molar refractivity (Wildman–Crippen MR) is 93.1 cm³/mol. The van der Waals surface area contributed by atoms with Gasteiger partial charge in [-0.3, -0.25) is 4.79 Å².